The predicted molar refractivity (Wildman–Crippen MR) is 112 cm³/mol. The number of benzene rings is 2. The minimum Gasteiger partial charge on any atom is -0.354 e. The average Bonchev–Trinajstić information content (AvgIpc) is 2.93. The molecule has 1 N–H and O–H groups in total. The van der Waals surface area contributed by atoms with Gasteiger partial charge < -0.3 is 15.1 Å². The minimum absolute atomic E-state index is 0.0186. The van der Waals surface area contributed by atoms with Crippen molar-refractivity contribution in [3.05, 3.63) is 70.0 Å². The zero-order chi connectivity index (χ0) is 26.1. The van der Waals surface area contributed by atoms with Gasteiger partial charge in [-0.2, -0.15) is 26.3 Å². The lowest BCUT2D eigenvalue weighted by Gasteiger charge is -2.34. The summed E-state index contributed by atoms with van der Waals surface area (Å²) in [5.74, 6) is -0.867. The second-order valence-corrected chi connectivity index (χ2v) is 8.32. The Balaban J connectivity index is 1.93. The van der Waals surface area contributed by atoms with Crippen LogP contribution in [0.3, 0.4) is 0 Å². The van der Waals surface area contributed by atoms with Crippen molar-refractivity contribution >= 4 is 11.9 Å². The number of hydrogen-bond acceptors (Lipinski definition) is 2. The van der Waals surface area contributed by atoms with Gasteiger partial charge in [-0.25, -0.2) is 9.18 Å². The summed E-state index contributed by atoms with van der Waals surface area (Å²) in [5.41, 5.74) is -2.33. The SMILES string of the molecule is Cc1cc(F)ccc1[C@H]1CC(=O)NCCN1C(=O)N(C)Cc1cc(C(F)(F)F)cc(C(F)(F)F)c1. The van der Waals surface area contributed by atoms with Gasteiger partial charge in [0, 0.05) is 26.7 Å². The van der Waals surface area contributed by atoms with Crippen LogP contribution < -0.4 is 5.32 Å². The number of aryl methyl sites for hydroxylation is 1. The van der Waals surface area contributed by atoms with Gasteiger partial charge in [0.1, 0.15) is 5.82 Å². The molecule has 0 aromatic heterocycles. The Hall–Kier alpha value is -3.31. The summed E-state index contributed by atoms with van der Waals surface area (Å²) in [7, 11) is 1.24. The summed E-state index contributed by atoms with van der Waals surface area (Å²) in [6.07, 6.45) is -10.2. The van der Waals surface area contributed by atoms with E-state index in [2.05, 4.69) is 5.32 Å². The Labute approximate surface area is 196 Å². The normalized spacial score (nSPS) is 17.1. The smallest absolute Gasteiger partial charge is 0.354 e. The van der Waals surface area contributed by atoms with Crippen molar-refractivity contribution in [3.63, 3.8) is 0 Å². The molecule has 1 aliphatic rings. The van der Waals surface area contributed by atoms with E-state index in [1.165, 1.54) is 30.1 Å². The van der Waals surface area contributed by atoms with E-state index in [0.29, 0.717) is 23.3 Å². The first kappa shape index (κ1) is 26.3. The monoisotopic (exact) mass is 505 g/mol. The number of nitrogens with one attached hydrogen (secondary N) is 1. The predicted octanol–water partition coefficient (Wildman–Crippen LogP) is 5.29. The molecule has 0 aliphatic carbocycles. The van der Waals surface area contributed by atoms with Crippen LogP contribution in [-0.4, -0.2) is 41.9 Å². The van der Waals surface area contributed by atoms with Crippen LogP contribution in [0.1, 0.15) is 40.3 Å². The number of alkyl halides is 6. The molecule has 3 amide bonds. The van der Waals surface area contributed by atoms with E-state index in [4.69, 9.17) is 0 Å². The van der Waals surface area contributed by atoms with Crippen molar-refractivity contribution in [3.8, 4) is 0 Å². The van der Waals surface area contributed by atoms with E-state index in [-0.39, 0.29) is 37.0 Å². The van der Waals surface area contributed by atoms with Crippen molar-refractivity contribution in [1.29, 1.82) is 0 Å². The maximum atomic E-state index is 13.6. The second kappa shape index (κ2) is 9.74. The van der Waals surface area contributed by atoms with Gasteiger partial charge in [0.25, 0.3) is 0 Å². The maximum absolute atomic E-state index is 13.6. The molecule has 1 saturated heterocycles. The highest BCUT2D eigenvalue weighted by Crippen LogP contribution is 2.37. The number of nitrogens with zero attached hydrogens (tertiary/aromatic N) is 2. The van der Waals surface area contributed by atoms with Crippen molar-refractivity contribution in [1.82, 2.24) is 15.1 Å². The van der Waals surface area contributed by atoms with Crippen molar-refractivity contribution in [2.75, 3.05) is 20.1 Å². The molecule has 0 unspecified atom stereocenters. The van der Waals surface area contributed by atoms with Crippen molar-refractivity contribution in [2.45, 2.75) is 38.3 Å². The topological polar surface area (TPSA) is 52.7 Å². The summed E-state index contributed by atoms with van der Waals surface area (Å²) in [6, 6.07) is 3.50. The van der Waals surface area contributed by atoms with E-state index >= 15 is 0 Å². The molecule has 0 radical (unpaired) electrons. The minimum atomic E-state index is -5.01. The van der Waals surface area contributed by atoms with Gasteiger partial charge in [-0.3, -0.25) is 4.79 Å². The average molecular weight is 505 g/mol. The first-order chi connectivity index (χ1) is 16.2. The summed E-state index contributed by atoms with van der Waals surface area (Å²) >= 11 is 0. The molecule has 1 fully saturated rings. The molecule has 5 nitrogen and oxygen atoms in total. The molecule has 0 bridgehead atoms. The number of urea groups is 1. The van der Waals surface area contributed by atoms with Gasteiger partial charge in [-0.05, 0) is 53.9 Å². The van der Waals surface area contributed by atoms with Crippen LogP contribution in [-0.2, 0) is 23.7 Å². The molecule has 12 heteroatoms. The summed E-state index contributed by atoms with van der Waals surface area (Å²) in [4.78, 5) is 27.8. The molecule has 2 aromatic carbocycles. The number of halogens is 7. The van der Waals surface area contributed by atoms with E-state index in [1.54, 1.807) is 6.92 Å². The van der Waals surface area contributed by atoms with Gasteiger partial charge in [0.15, 0.2) is 0 Å². The maximum Gasteiger partial charge on any atom is 0.416 e. The number of rotatable bonds is 3. The number of carbonyl (C=O) groups excluding carboxylic acids is 2. The first-order valence-corrected chi connectivity index (χ1v) is 10.5. The van der Waals surface area contributed by atoms with Crippen molar-refractivity contribution in [2.24, 2.45) is 0 Å². The van der Waals surface area contributed by atoms with E-state index in [9.17, 15) is 40.3 Å². The molecule has 0 spiro atoms. The van der Waals surface area contributed by atoms with Crippen LogP contribution in [0.4, 0.5) is 35.5 Å². The van der Waals surface area contributed by atoms with Crippen molar-refractivity contribution < 1.29 is 40.3 Å². The second-order valence-electron chi connectivity index (χ2n) is 8.32. The highest BCUT2D eigenvalue weighted by atomic mass is 19.4. The van der Waals surface area contributed by atoms with Crippen LogP contribution in [0.5, 0.6) is 0 Å². The Morgan fingerprint density at radius 1 is 1.06 bits per heavy atom. The molecule has 1 heterocycles. The fourth-order valence-corrected chi connectivity index (χ4v) is 4.02. The van der Waals surface area contributed by atoms with Gasteiger partial charge >= 0.3 is 18.4 Å². The molecular weight excluding hydrogens is 483 g/mol. The first-order valence-electron chi connectivity index (χ1n) is 10.5. The molecule has 1 aliphatic heterocycles. The Bertz CT molecular complexity index is 1080. The van der Waals surface area contributed by atoms with Crippen LogP contribution in [0.25, 0.3) is 0 Å². The third-order valence-corrected chi connectivity index (χ3v) is 5.66. The molecule has 2 aromatic rings. The summed E-state index contributed by atoms with van der Waals surface area (Å²) in [5, 5.41) is 2.62. The standard InChI is InChI=1S/C23H22F7N3O2/c1-13-7-17(24)3-4-18(13)19-11-20(34)31-5-6-33(19)21(35)32(2)12-14-8-15(22(25,26)27)10-16(9-14)23(28,29)30/h3-4,7-10,19H,5-6,11-12H2,1-2H3,(H,31,34)/t19-/m1/s1. The molecule has 190 valence electrons. The zero-order valence-corrected chi connectivity index (χ0v) is 18.7. The van der Waals surface area contributed by atoms with Crippen LogP contribution in [0.2, 0.25) is 0 Å². The molecule has 35 heavy (non-hydrogen) atoms. The largest absolute Gasteiger partial charge is 0.416 e. The summed E-state index contributed by atoms with van der Waals surface area (Å²) in [6.45, 7) is 1.19. The van der Waals surface area contributed by atoms with Gasteiger partial charge in [0.05, 0.1) is 23.6 Å². The number of hydrogen-bond donors (Lipinski definition) is 1. The zero-order valence-electron chi connectivity index (χ0n) is 18.7. The van der Waals surface area contributed by atoms with Gasteiger partial charge in [-0.1, -0.05) is 6.07 Å². The van der Waals surface area contributed by atoms with Crippen LogP contribution in [0.15, 0.2) is 36.4 Å². The molecule has 3 rings (SSSR count). The Kier molecular flexibility index (Phi) is 7.32. The van der Waals surface area contributed by atoms with E-state index in [1.807, 2.05) is 0 Å². The Morgan fingerprint density at radius 2 is 1.66 bits per heavy atom. The van der Waals surface area contributed by atoms with Crippen LogP contribution in [0, 0.1) is 12.7 Å². The van der Waals surface area contributed by atoms with Gasteiger partial charge in [0.2, 0.25) is 5.91 Å². The van der Waals surface area contributed by atoms with E-state index < -0.39 is 47.9 Å². The summed E-state index contributed by atoms with van der Waals surface area (Å²) < 4.78 is 92.7. The molecule has 0 saturated carbocycles. The quantitative estimate of drug-likeness (QED) is 0.577. The lowest BCUT2D eigenvalue weighted by atomic mass is 9.97. The Morgan fingerprint density at radius 3 is 2.20 bits per heavy atom. The van der Waals surface area contributed by atoms with Gasteiger partial charge in [-0.15, -0.1) is 0 Å². The molecule has 1 atom stereocenters. The number of carbonyl (C=O) groups is 2. The third-order valence-electron chi connectivity index (χ3n) is 5.66. The lowest BCUT2D eigenvalue weighted by Crippen LogP contribution is -2.44. The lowest BCUT2D eigenvalue weighted by molar-refractivity contribution is -0.143. The third kappa shape index (κ3) is 6.23. The van der Waals surface area contributed by atoms with Crippen LogP contribution >= 0.6 is 0 Å². The molecular formula is C23H22F7N3O2. The highest BCUT2D eigenvalue weighted by molar-refractivity contribution is 5.80. The fourth-order valence-electron chi connectivity index (χ4n) is 4.02. The fraction of sp³-hybridized carbons (Fsp3) is 0.391. The highest BCUT2D eigenvalue weighted by Gasteiger charge is 2.37. The van der Waals surface area contributed by atoms with E-state index in [0.717, 1.165) is 4.90 Å². The number of amides is 3.